The molecule has 0 heterocycles. The van der Waals surface area contributed by atoms with Crippen molar-refractivity contribution in [2.24, 2.45) is 0 Å². The highest BCUT2D eigenvalue weighted by atomic mass is 19.2. The number of fused-ring (bicyclic) bond motifs is 1. The Morgan fingerprint density at radius 2 is 0.950 bits per heavy atom. The lowest BCUT2D eigenvalue weighted by atomic mass is 9.90. The van der Waals surface area contributed by atoms with Gasteiger partial charge in [-0.05, 0) is 0 Å². The van der Waals surface area contributed by atoms with E-state index in [0.29, 0.717) is 0 Å². The molecule has 20 heavy (non-hydrogen) atoms. The van der Waals surface area contributed by atoms with Crippen LogP contribution in [0.25, 0.3) is 0 Å². The number of halogens is 4. The van der Waals surface area contributed by atoms with Crippen LogP contribution in [0.5, 0.6) is 0 Å². The normalized spacial score (nSPS) is 14.5. The number of benzene rings is 1. The number of ether oxygens (including phenoxy) is 2. The first-order valence-electron chi connectivity index (χ1n) is 5.14. The number of Topliss-reactive ketones (excluding diaryl/α,β-unsaturated/α-hetero) is 2. The fourth-order valence-electron chi connectivity index (χ4n) is 1.86. The molecule has 4 nitrogen and oxygen atoms in total. The van der Waals surface area contributed by atoms with E-state index < -0.39 is 57.5 Å². The van der Waals surface area contributed by atoms with Crippen LogP contribution in [0.1, 0.15) is 20.7 Å². The third kappa shape index (κ3) is 1.60. The van der Waals surface area contributed by atoms with Crippen molar-refractivity contribution < 1.29 is 36.6 Å². The first kappa shape index (κ1) is 14.0. The van der Waals surface area contributed by atoms with Crippen molar-refractivity contribution in [3.8, 4) is 0 Å². The van der Waals surface area contributed by atoms with Crippen molar-refractivity contribution in [1.29, 1.82) is 0 Å². The van der Waals surface area contributed by atoms with Gasteiger partial charge in [-0.3, -0.25) is 9.59 Å². The van der Waals surface area contributed by atoms with Gasteiger partial charge in [-0.25, -0.2) is 17.6 Å². The summed E-state index contributed by atoms with van der Waals surface area (Å²) in [5.74, 6) is -12.3. The van der Waals surface area contributed by atoms with Crippen molar-refractivity contribution in [2.75, 3.05) is 14.2 Å². The molecular weight excluding hydrogens is 284 g/mol. The van der Waals surface area contributed by atoms with Crippen molar-refractivity contribution in [2.45, 2.75) is 0 Å². The zero-order valence-corrected chi connectivity index (χ0v) is 10.1. The van der Waals surface area contributed by atoms with E-state index in [1.807, 2.05) is 0 Å². The second-order valence-electron chi connectivity index (χ2n) is 3.73. The van der Waals surface area contributed by atoms with E-state index in [2.05, 4.69) is 9.47 Å². The second-order valence-corrected chi connectivity index (χ2v) is 3.73. The fraction of sp³-hybridized carbons (Fsp3) is 0.167. The van der Waals surface area contributed by atoms with E-state index in [1.165, 1.54) is 0 Å². The monoisotopic (exact) mass is 290 g/mol. The summed E-state index contributed by atoms with van der Waals surface area (Å²) in [6.07, 6.45) is 0. The molecule has 0 fully saturated rings. The highest BCUT2D eigenvalue weighted by Gasteiger charge is 2.42. The summed E-state index contributed by atoms with van der Waals surface area (Å²) < 4.78 is 62.7. The molecule has 0 aromatic heterocycles. The predicted octanol–water partition coefficient (Wildman–Crippen LogP) is 2.13. The Labute approximate surface area is 109 Å². The Morgan fingerprint density at radius 1 is 0.650 bits per heavy atom. The summed E-state index contributed by atoms with van der Waals surface area (Å²) in [5, 5.41) is 0. The molecule has 0 aliphatic heterocycles. The summed E-state index contributed by atoms with van der Waals surface area (Å²) in [7, 11) is 1.97. The largest absolute Gasteiger partial charge is 0.489 e. The van der Waals surface area contributed by atoms with Crippen LogP contribution in [0.3, 0.4) is 0 Å². The van der Waals surface area contributed by atoms with Crippen molar-refractivity contribution in [3.63, 3.8) is 0 Å². The van der Waals surface area contributed by atoms with Crippen LogP contribution in [0, 0.1) is 23.3 Å². The summed E-state index contributed by atoms with van der Waals surface area (Å²) in [6, 6.07) is 0. The van der Waals surface area contributed by atoms with Gasteiger partial charge in [-0.1, -0.05) is 0 Å². The number of methoxy groups -OCH3 is 2. The molecule has 106 valence electrons. The van der Waals surface area contributed by atoms with Gasteiger partial charge in [0, 0.05) is 0 Å². The van der Waals surface area contributed by atoms with Crippen LogP contribution in [0.4, 0.5) is 17.6 Å². The molecule has 0 bridgehead atoms. The third-order valence-corrected chi connectivity index (χ3v) is 2.75. The van der Waals surface area contributed by atoms with Gasteiger partial charge in [0.25, 0.3) is 0 Å². The number of hydrogen-bond donors (Lipinski definition) is 0. The lowest BCUT2D eigenvalue weighted by Crippen LogP contribution is -2.28. The van der Waals surface area contributed by atoms with Crippen LogP contribution in [0.2, 0.25) is 0 Å². The molecule has 0 unspecified atom stereocenters. The van der Waals surface area contributed by atoms with E-state index in [9.17, 15) is 27.2 Å². The van der Waals surface area contributed by atoms with Crippen molar-refractivity contribution in [1.82, 2.24) is 0 Å². The maximum atomic E-state index is 13.6. The number of ketones is 2. The Bertz CT molecular complexity index is 622. The standard InChI is InChI=1S/C12H6F4O4/c1-19-11-9(17)3-4(10(18)12(11)20-2)6(14)8(16)7(15)5(3)13/h1-2H3. The van der Waals surface area contributed by atoms with E-state index >= 15 is 0 Å². The lowest BCUT2D eigenvalue weighted by Gasteiger charge is -2.20. The Kier molecular flexibility index (Phi) is 3.24. The van der Waals surface area contributed by atoms with E-state index in [-0.39, 0.29) is 0 Å². The second kappa shape index (κ2) is 4.62. The molecule has 0 saturated heterocycles. The van der Waals surface area contributed by atoms with Gasteiger partial charge in [0.15, 0.2) is 23.3 Å². The maximum Gasteiger partial charge on any atom is 0.235 e. The summed E-state index contributed by atoms with van der Waals surface area (Å²) >= 11 is 0. The Hall–Kier alpha value is -2.38. The smallest absolute Gasteiger partial charge is 0.235 e. The number of allylic oxidation sites excluding steroid dienone is 2. The maximum absolute atomic E-state index is 13.6. The summed E-state index contributed by atoms with van der Waals surface area (Å²) in [6.45, 7) is 0. The zero-order chi connectivity index (χ0) is 15.2. The van der Waals surface area contributed by atoms with Gasteiger partial charge in [0.05, 0.1) is 25.3 Å². The van der Waals surface area contributed by atoms with Crippen molar-refractivity contribution >= 4 is 11.6 Å². The van der Waals surface area contributed by atoms with E-state index in [4.69, 9.17) is 0 Å². The molecule has 0 atom stereocenters. The average Bonchev–Trinajstić information content (AvgIpc) is 2.43. The third-order valence-electron chi connectivity index (χ3n) is 2.75. The fourth-order valence-corrected chi connectivity index (χ4v) is 1.86. The number of carbonyl (C=O) groups excluding carboxylic acids is 2. The van der Waals surface area contributed by atoms with Crippen LogP contribution in [0.15, 0.2) is 11.5 Å². The molecule has 0 radical (unpaired) electrons. The zero-order valence-electron chi connectivity index (χ0n) is 10.1. The van der Waals surface area contributed by atoms with Gasteiger partial charge in [0.1, 0.15) is 0 Å². The van der Waals surface area contributed by atoms with Gasteiger partial charge in [-0.15, -0.1) is 0 Å². The van der Waals surface area contributed by atoms with E-state index in [1.54, 1.807) is 0 Å². The molecule has 1 aliphatic rings. The first-order chi connectivity index (χ1) is 9.36. The van der Waals surface area contributed by atoms with Gasteiger partial charge in [-0.2, -0.15) is 0 Å². The Morgan fingerprint density at radius 3 is 1.20 bits per heavy atom. The molecule has 1 aliphatic carbocycles. The minimum Gasteiger partial charge on any atom is -0.489 e. The topological polar surface area (TPSA) is 52.6 Å². The van der Waals surface area contributed by atoms with Crippen LogP contribution < -0.4 is 0 Å². The molecule has 2 rings (SSSR count). The number of carbonyl (C=O) groups is 2. The molecule has 0 spiro atoms. The number of rotatable bonds is 2. The lowest BCUT2D eigenvalue weighted by molar-refractivity contribution is 0.0819. The van der Waals surface area contributed by atoms with Crippen molar-refractivity contribution in [3.05, 3.63) is 45.9 Å². The minimum atomic E-state index is -2.18. The van der Waals surface area contributed by atoms with Gasteiger partial charge >= 0.3 is 0 Å². The van der Waals surface area contributed by atoms with Gasteiger partial charge < -0.3 is 9.47 Å². The van der Waals surface area contributed by atoms with Gasteiger partial charge in [0.2, 0.25) is 23.1 Å². The summed E-state index contributed by atoms with van der Waals surface area (Å²) in [4.78, 5) is 23.8. The first-order valence-corrected chi connectivity index (χ1v) is 5.14. The molecule has 0 amide bonds. The van der Waals surface area contributed by atoms with E-state index in [0.717, 1.165) is 14.2 Å². The minimum absolute atomic E-state index is 0.714. The molecule has 0 saturated carbocycles. The number of hydrogen-bond acceptors (Lipinski definition) is 4. The quantitative estimate of drug-likeness (QED) is 0.475. The molecule has 8 heteroatoms. The van der Waals surface area contributed by atoms with Crippen LogP contribution >= 0.6 is 0 Å². The predicted molar refractivity (Wildman–Crippen MR) is 56.0 cm³/mol. The molecular formula is C12H6F4O4. The van der Waals surface area contributed by atoms with Crippen LogP contribution in [-0.4, -0.2) is 25.8 Å². The average molecular weight is 290 g/mol. The highest BCUT2D eigenvalue weighted by molar-refractivity contribution is 6.25. The molecule has 1 aromatic rings. The summed E-state index contributed by atoms with van der Waals surface area (Å²) in [5.41, 5.74) is -2.44. The van der Waals surface area contributed by atoms with Crippen LogP contribution in [-0.2, 0) is 9.47 Å². The SMILES string of the molecule is COC1=C(OC)C(=O)c2c(F)c(F)c(F)c(F)c2C1=O. The highest BCUT2D eigenvalue weighted by Crippen LogP contribution is 2.33. The Balaban J connectivity index is 2.90. The molecule has 1 aromatic carbocycles. The molecule has 0 N–H and O–H groups in total.